The topological polar surface area (TPSA) is 154 Å². The monoisotopic (exact) mass is 785 g/mol. The van der Waals surface area contributed by atoms with Crippen LogP contribution in [0.2, 0.25) is 0 Å². The van der Waals surface area contributed by atoms with E-state index in [9.17, 15) is 29.1 Å². The minimum atomic E-state index is -1.14. The molecule has 56 heavy (non-hydrogen) atoms. The molecule has 320 valence electrons. The van der Waals surface area contributed by atoms with Crippen LogP contribution in [0.4, 0.5) is 0 Å². The standard InChI is InChI=1S/C46H80N4O6/c1-3-5-7-9-11-13-15-17-18-20-22-24-29-33-42(51)49-40(45(54)48-35-30-25-23-21-19-16-14-12-10-8-6-4-2)38-44(53)47-36-34-43(52)50-41(46(55)56)37-39-31-27-26-28-32-39/h26-28,31-32,40-41H,3-25,29-30,33-38H2,1-2H3,(H,47,53)(H,48,54)(H,49,51)(H,50,52)(H,55,56)/t40-,41-/m0/s1. The summed E-state index contributed by atoms with van der Waals surface area (Å²) in [6.07, 6.45) is 30.5. The Balaban J connectivity index is 2.46. The van der Waals surface area contributed by atoms with Crippen LogP contribution in [0.3, 0.4) is 0 Å². The molecule has 1 rings (SSSR count). The van der Waals surface area contributed by atoms with E-state index >= 15 is 0 Å². The quantitative estimate of drug-likeness (QED) is 0.0421. The van der Waals surface area contributed by atoms with Crippen molar-refractivity contribution in [1.29, 1.82) is 0 Å². The lowest BCUT2D eigenvalue weighted by Gasteiger charge is -2.19. The van der Waals surface area contributed by atoms with Crippen molar-refractivity contribution >= 4 is 29.6 Å². The SMILES string of the molecule is CCCCCCCCCCCCCCCC(=O)N[C@@H](CC(=O)NCCC(=O)N[C@@H](Cc1ccccc1)C(=O)O)C(=O)NCCCCCCCCCCCCCC. The van der Waals surface area contributed by atoms with Gasteiger partial charge in [-0.3, -0.25) is 19.2 Å². The number of benzene rings is 1. The van der Waals surface area contributed by atoms with Gasteiger partial charge in [0.1, 0.15) is 12.1 Å². The van der Waals surface area contributed by atoms with Crippen LogP contribution in [-0.4, -0.2) is 59.9 Å². The molecule has 4 amide bonds. The van der Waals surface area contributed by atoms with Crippen molar-refractivity contribution in [3.63, 3.8) is 0 Å². The highest BCUT2D eigenvalue weighted by Gasteiger charge is 2.24. The van der Waals surface area contributed by atoms with Gasteiger partial charge in [0.25, 0.3) is 0 Å². The Hall–Kier alpha value is -3.43. The van der Waals surface area contributed by atoms with Gasteiger partial charge in [0.05, 0.1) is 6.42 Å². The zero-order chi connectivity index (χ0) is 40.9. The third kappa shape index (κ3) is 29.8. The largest absolute Gasteiger partial charge is 0.480 e. The maximum atomic E-state index is 13.2. The number of carbonyl (C=O) groups is 5. The van der Waals surface area contributed by atoms with Gasteiger partial charge in [-0.1, -0.05) is 192 Å². The maximum absolute atomic E-state index is 13.2. The molecule has 0 aliphatic rings. The second kappa shape index (κ2) is 35.9. The van der Waals surface area contributed by atoms with Crippen LogP contribution in [0.5, 0.6) is 0 Å². The second-order valence-corrected chi connectivity index (χ2v) is 15.7. The molecule has 0 unspecified atom stereocenters. The highest BCUT2D eigenvalue weighted by atomic mass is 16.4. The van der Waals surface area contributed by atoms with Crippen molar-refractivity contribution < 1.29 is 29.1 Å². The molecule has 0 heterocycles. The number of amides is 4. The highest BCUT2D eigenvalue weighted by molar-refractivity contribution is 5.92. The van der Waals surface area contributed by atoms with Crippen LogP contribution < -0.4 is 21.3 Å². The van der Waals surface area contributed by atoms with E-state index in [4.69, 9.17) is 0 Å². The fraction of sp³-hybridized carbons (Fsp3) is 0.761. The normalized spacial score (nSPS) is 12.1. The minimum absolute atomic E-state index is 0.0254. The number of rotatable bonds is 38. The molecule has 1 aromatic carbocycles. The summed E-state index contributed by atoms with van der Waals surface area (Å²) in [5, 5.41) is 20.5. The molecule has 0 aromatic heterocycles. The molecule has 0 saturated heterocycles. The van der Waals surface area contributed by atoms with Gasteiger partial charge in [0.2, 0.25) is 23.6 Å². The molecule has 0 aliphatic heterocycles. The molecule has 5 N–H and O–H groups in total. The zero-order valence-electron chi connectivity index (χ0n) is 35.5. The van der Waals surface area contributed by atoms with E-state index in [2.05, 4.69) is 35.1 Å². The summed E-state index contributed by atoms with van der Waals surface area (Å²) < 4.78 is 0. The van der Waals surface area contributed by atoms with Crippen LogP contribution >= 0.6 is 0 Å². The van der Waals surface area contributed by atoms with Crippen molar-refractivity contribution in [3.8, 4) is 0 Å². The molecule has 0 bridgehead atoms. The van der Waals surface area contributed by atoms with Crippen molar-refractivity contribution in [1.82, 2.24) is 21.3 Å². The van der Waals surface area contributed by atoms with Crippen LogP contribution in [0.1, 0.15) is 199 Å². The van der Waals surface area contributed by atoms with Crippen LogP contribution in [0.15, 0.2) is 30.3 Å². The average molecular weight is 785 g/mol. The molecule has 0 aliphatic carbocycles. The van der Waals surface area contributed by atoms with E-state index in [1.807, 2.05) is 6.07 Å². The number of unbranched alkanes of at least 4 members (excludes halogenated alkanes) is 23. The van der Waals surface area contributed by atoms with E-state index < -0.39 is 29.9 Å². The molecule has 10 heteroatoms. The summed E-state index contributed by atoms with van der Waals surface area (Å²) in [5.74, 6) is -2.74. The van der Waals surface area contributed by atoms with E-state index in [1.54, 1.807) is 24.3 Å². The smallest absolute Gasteiger partial charge is 0.326 e. The predicted molar refractivity (Wildman–Crippen MR) is 228 cm³/mol. The minimum Gasteiger partial charge on any atom is -0.480 e. The number of hydrogen-bond donors (Lipinski definition) is 5. The van der Waals surface area contributed by atoms with E-state index in [-0.39, 0.29) is 37.6 Å². The summed E-state index contributed by atoms with van der Waals surface area (Å²) in [5.41, 5.74) is 0.785. The molecule has 0 saturated carbocycles. The van der Waals surface area contributed by atoms with Crippen molar-refractivity contribution in [2.75, 3.05) is 13.1 Å². The molecule has 0 fully saturated rings. The average Bonchev–Trinajstić information content (AvgIpc) is 3.18. The number of aliphatic carboxylic acids is 1. The molecule has 0 radical (unpaired) electrons. The van der Waals surface area contributed by atoms with Gasteiger partial charge in [-0.05, 0) is 18.4 Å². The Morgan fingerprint density at radius 3 is 1.39 bits per heavy atom. The molecular weight excluding hydrogens is 705 g/mol. The Morgan fingerprint density at radius 1 is 0.482 bits per heavy atom. The third-order valence-corrected chi connectivity index (χ3v) is 10.5. The van der Waals surface area contributed by atoms with Gasteiger partial charge < -0.3 is 26.4 Å². The summed E-state index contributed by atoms with van der Waals surface area (Å²) in [6, 6.07) is 6.93. The molecule has 2 atom stereocenters. The van der Waals surface area contributed by atoms with Gasteiger partial charge in [0, 0.05) is 32.4 Å². The van der Waals surface area contributed by atoms with Crippen molar-refractivity contribution in [2.24, 2.45) is 0 Å². The van der Waals surface area contributed by atoms with Crippen LogP contribution in [-0.2, 0) is 30.4 Å². The fourth-order valence-corrected chi connectivity index (χ4v) is 6.97. The predicted octanol–water partition coefficient (Wildman–Crippen LogP) is 9.48. The lowest BCUT2D eigenvalue weighted by atomic mass is 10.0. The van der Waals surface area contributed by atoms with E-state index in [1.165, 1.54) is 122 Å². The van der Waals surface area contributed by atoms with Crippen molar-refractivity contribution in [2.45, 2.75) is 212 Å². The van der Waals surface area contributed by atoms with E-state index in [0.29, 0.717) is 13.0 Å². The third-order valence-electron chi connectivity index (χ3n) is 10.5. The number of carboxylic acids is 1. The summed E-state index contributed by atoms with van der Waals surface area (Å²) in [4.78, 5) is 63.3. The Bertz CT molecular complexity index is 1160. The molecular formula is C46H80N4O6. The van der Waals surface area contributed by atoms with E-state index in [0.717, 1.165) is 44.1 Å². The van der Waals surface area contributed by atoms with Gasteiger partial charge in [-0.2, -0.15) is 0 Å². The van der Waals surface area contributed by atoms with Crippen LogP contribution in [0.25, 0.3) is 0 Å². The first-order chi connectivity index (χ1) is 27.3. The first kappa shape index (κ1) is 50.6. The van der Waals surface area contributed by atoms with Gasteiger partial charge in [-0.25, -0.2) is 4.79 Å². The number of carboxylic acid groups (broad SMARTS) is 1. The van der Waals surface area contributed by atoms with Gasteiger partial charge in [0.15, 0.2) is 0 Å². The lowest BCUT2D eigenvalue weighted by molar-refractivity contribution is -0.141. The zero-order valence-corrected chi connectivity index (χ0v) is 35.5. The van der Waals surface area contributed by atoms with Crippen molar-refractivity contribution in [3.05, 3.63) is 35.9 Å². The molecule has 1 aromatic rings. The summed E-state index contributed by atoms with van der Waals surface area (Å²) in [7, 11) is 0. The fourth-order valence-electron chi connectivity index (χ4n) is 6.97. The number of hydrogen-bond acceptors (Lipinski definition) is 5. The second-order valence-electron chi connectivity index (χ2n) is 15.7. The lowest BCUT2D eigenvalue weighted by Crippen LogP contribution is -2.49. The molecule has 0 spiro atoms. The first-order valence-corrected chi connectivity index (χ1v) is 22.7. The summed E-state index contributed by atoms with van der Waals surface area (Å²) in [6.45, 7) is 4.95. The Morgan fingerprint density at radius 2 is 0.911 bits per heavy atom. The van der Waals surface area contributed by atoms with Gasteiger partial charge >= 0.3 is 5.97 Å². The number of carbonyl (C=O) groups excluding carboxylic acids is 4. The first-order valence-electron chi connectivity index (χ1n) is 22.7. The Labute approximate surface area is 340 Å². The van der Waals surface area contributed by atoms with Crippen LogP contribution in [0, 0.1) is 0 Å². The van der Waals surface area contributed by atoms with Gasteiger partial charge in [-0.15, -0.1) is 0 Å². The highest BCUT2D eigenvalue weighted by Crippen LogP contribution is 2.14. The maximum Gasteiger partial charge on any atom is 0.326 e. The Kier molecular flexibility index (Phi) is 32.5. The molecule has 10 nitrogen and oxygen atoms in total. The summed E-state index contributed by atoms with van der Waals surface area (Å²) >= 11 is 0. The number of nitrogens with one attached hydrogen (secondary N) is 4.